The number of benzene rings is 1. The Labute approximate surface area is 108 Å². The first-order valence-electron chi connectivity index (χ1n) is 6.14. The second kappa shape index (κ2) is 8.25. The van der Waals surface area contributed by atoms with Gasteiger partial charge >= 0.3 is 0 Å². The molecule has 0 radical (unpaired) electrons. The molecule has 0 saturated carbocycles. The third-order valence-corrected chi connectivity index (χ3v) is 2.53. The average Bonchev–Trinajstić information content (AvgIpc) is 2.42. The lowest BCUT2D eigenvalue weighted by Crippen LogP contribution is -2.14. The average molecular weight is 245 g/mol. The number of unbranched alkanes of at least 4 members (excludes halogenated alkanes) is 1. The van der Waals surface area contributed by atoms with E-state index in [0.29, 0.717) is 0 Å². The molecule has 1 amide bonds. The molecule has 0 spiro atoms. The highest BCUT2D eigenvalue weighted by Crippen LogP contribution is 2.14. The fourth-order valence-electron chi connectivity index (χ4n) is 1.57. The van der Waals surface area contributed by atoms with Crippen LogP contribution in [0.15, 0.2) is 48.1 Å². The number of hydrogen-bond donors (Lipinski definition) is 2. The first-order chi connectivity index (χ1) is 8.76. The summed E-state index contributed by atoms with van der Waals surface area (Å²) in [7, 11) is 0. The van der Waals surface area contributed by atoms with Gasteiger partial charge in [-0.25, -0.2) is 5.48 Å². The predicted molar refractivity (Wildman–Crippen MR) is 73.0 cm³/mol. The summed E-state index contributed by atoms with van der Waals surface area (Å²) < 4.78 is 0. The van der Waals surface area contributed by atoms with E-state index in [1.54, 1.807) is 11.6 Å². The van der Waals surface area contributed by atoms with Crippen molar-refractivity contribution in [2.45, 2.75) is 26.2 Å². The molecule has 0 fully saturated rings. The molecule has 0 aliphatic carbocycles. The van der Waals surface area contributed by atoms with Crippen molar-refractivity contribution < 1.29 is 10.0 Å². The van der Waals surface area contributed by atoms with Gasteiger partial charge in [-0.05, 0) is 24.0 Å². The van der Waals surface area contributed by atoms with Crippen LogP contribution in [0.4, 0.5) is 0 Å². The molecule has 0 bridgehead atoms. The number of hydrogen-bond acceptors (Lipinski definition) is 2. The van der Waals surface area contributed by atoms with Crippen LogP contribution in [-0.2, 0) is 4.79 Å². The number of carbonyl (C=O) groups excluding carboxylic acids is 1. The standard InChI is InChI=1S/C15H19NO2/c1-2-3-7-14(10-11-15(17)16-18)12-13-8-5-4-6-9-13/h4-6,8-12,18H,2-3,7H2,1H3,(H,16,17)/b11-10+,14-12+. The molecular formula is C15H19NO2. The van der Waals surface area contributed by atoms with Crippen molar-refractivity contribution in [1.82, 2.24) is 5.48 Å². The van der Waals surface area contributed by atoms with E-state index >= 15 is 0 Å². The van der Waals surface area contributed by atoms with Gasteiger partial charge in [-0.2, -0.15) is 0 Å². The van der Waals surface area contributed by atoms with E-state index in [9.17, 15) is 4.79 Å². The molecule has 0 aliphatic rings. The monoisotopic (exact) mass is 245 g/mol. The molecule has 1 aromatic carbocycles. The maximum Gasteiger partial charge on any atom is 0.267 e. The maximum absolute atomic E-state index is 11.0. The van der Waals surface area contributed by atoms with Crippen LogP contribution in [0.2, 0.25) is 0 Å². The number of allylic oxidation sites excluding steroid dienone is 2. The number of hydroxylamine groups is 1. The van der Waals surface area contributed by atoms with Crippen LogP contribution < -0.4 is 5.48 Å². The van der Waals surface area contributed by atoms with E-state index in [2.05, 4.69) is 13.0 Å². The van der Waals surface area contributed by atoms with Gasteiger partial charge in [0.2, 0.25) is 0 Å². The molecule has 3 nitrogen and oxygen atoms in total. The molecule has 3 heteroatoms. The van der Waals surface area contributed by atoms with Gasteiger partial charge in [0.15, 0.2) is 0 Å². The minimum absolute atomic E-state index is 0.509. The quantitative estimate of drug-likeness (QED) is 0.349. The van der Waals surface area contributed by atoms with Gasteiger partial charge < -0.3 is 0 Å². The van der Waals surface area contributed by atoms with Crippen molar-refractivity contribution in [3.05, 3.63) is 53.6 Å². The van der Waals surface area contributed by atoms with Gasteiger partial charge in [-0.1, -0.05) is 55.8 Å². The van der Waals surface area contributed by atoms with Crippen molar-refractivity contribution in [3.63, 3.8) is 0 Å². The smallest absolute Gasteiger partial charge is 0.267 e. The van der Waals surface area contributed by atoms with Gasteiger partial charge in [-0.3, -0.25) is 10.0 Å². The fourth-order valence-corrected chi connectivity index (χ4v) is 1.57. The molecule has 0 aromatic heterocycles. The van der Waals surface area contributed by atoms with E-state index in [-0.39, 0.29) is 0 Å². The summed E-state index contributed by atoms with van der Waals surface area (Å²) in [5, 5.41) is 8.44. The third kappa shape index (κ3) is 5.46. The summed E-state index contributed by atoms with van der Waals surface area (Å²) in [6.07, 6.45) is 8.23. The molecule has 1 aromatic rings. The third-order valence-electron chi connectivity index (χ3n) is 2.53. The summed E-state index contributed by atoms with van der Waals surface area (Å²) in [6.45, 7) is 2.13. The Morgan fingerprint density at radius 2 is 2.00 bits per heavy atom. The molecule has 0 aliphatic heterocycles. The van der Waals surface area contributed by atoms with Gasteiger partial charge in [0, 0.05) is 6.08 Å². The van der Waals surface area contributed by atoms with Crippen LogP contribution in [0.1, 0.15) is 31.7 Å². The fraction of sp³-hybridized carbons (Fsp3) is 0.267. The van der Waals surface area contributed by atoms with Crippen molar-refractivity contribution in [2.24, 2.45) is 0 Å². The normalized spacial score (nSPS) is 11.8. The first-order valence-corrected chi connectivity index (χ1v) is 6.14. The van der Waals surface area contributed by atoms with Crippen molar-refractivity contribution in [1.29, 1.82) is 0 Å². The predicted octanol–water partition coefficient (Wildman–Crippen LogP) is 3.32. The zero-order valence-corrected chi connectivity index (χ0v) is 10.6. The highest BCUT2D eigenvalue weighted by Gasteiger charge is 1.96. The summed E-state index contributed by atoms with van der Waals surface area (Å²) in [5.41, 5.74) is 3.77. The van der Waals surface area contributed by atoms with Crippen LogP contribution in [0.3, 0.4) is 0 Å². The number of rotatable bonds is 6. The van der Waals surface area contributed by atoms with Crippen LogP contribution in [0.25, 0.3) is 6.08 Å². The zero-order chi connectivity index (χ0) is 13.2. The number of carbonyl (C=O) groups is 1. The van der Waals surface area contributed by atoms with E-state index < -0.39 is 5.91 Å². The first kappa shape index (κ1) is 14.2. The molecule has 0 atom stereocenters. The number of amides is 1. The van der Waals surface area contributed by atoms with Gasteiger partial charge in [0.25, 0.3) is 5.91 Å². The highest BCUT2D eigenvalue weighted by atomic mass is 16.5. The molecule has 2 N–H and O–H groups in total. The van der Waals surface area contributed by atoms with Gasteiger partial charge in [0.1, 0.15) is 0 Å². The minimum atomic E-state index is -0.509. The van der Waals surface area contributed by atoms with Crippen LogP contribution in [-0.4, -0.2) is 11.1 Å². The van der Waals surface area contributed by atoms with Crippen LogP contribution in [0, 0.1) is 0 Å². The lowest BCUT2D eigenvalue weighted by molar-refractivity contribution is -0.124. The molecule has 96 valence electrons. The van der Waals surface area contributed by atoms with Gasteiger partial charge in [-0.15, -0.1) is 0 Å². The van der Waals surface area contributed by atoms with Crippen molar-refractivity contribution in [2.75, 3.05) is 0 Å². The Bertz CT molecular complexity index is 421. The summed E-state index contributed by atoms with van der Waals surface area (Å²) in [4.78, 5) is 11.0. The van der Waals surface area contributed by atoms with E-state index in [1.807, 2.05) is 30.3 Å². The van der Waals surface area contributed by atoms with E-state index in [4.69, 9.17) is 5.21 Å². The molecule has 0 heterocycles. The zero-order valence-electron chi connectivity index (χ0n) is 10.6. The molecule has 18 heavy (non-hydrogen) atoms. The maximum atomic E-state index is 11.0. The van der Waals surface area contributed by atoms with Crippen molar-refractivity contribution >= 4 is 12.0 Å². The van der Waals surface area contributed by atoms with Crippen LogP contribution in [0.5, 0.6) is 0 Å². The summed E-state index contributed by atoms with van der Waals surface area (Å²) >= 11 is 0. The van der Waals surface area contributed by atoms with E-state index in [0.717, 1.165) is 30.4 Å². The Morgan fingerprint density at radius 1 is 1.28 bits per heavy atom. The SMILES string of the molecule is CCCCC(/C=C/C(=O)NO)=C\c1ccccc1. The number of nitrogens with one attached hydrogen (secondary N) is 1. The van der Waals surface area contributed by atoms with Gasteiger partial charge in [0.05, 0.1) is 0 Å². The Hall–Kier alpha value is -1.87. The van der Waals surface area contributed by atoms with Crippen molar-refractivity contribution in [3.8, 4) is 0 Å². The lowest BCUT2D eigenvalue weighted by atomic mass is 10.0. The highest BCUT2D eigenvalue weighted by molar-refractivity contribution is 5.87. The molecule has 1 rings (SSSR count). The Morgan fingerprint density at radius 3 is 2.61 bits per heavy atom. The Balaban J connectivity index is 2.80. The largest absolute Gasteiger partial charge is 0.288 e. The second-order valence-electron chi connectivity index (χ2n) is 4.04. The molecule has 0 saturated heterocycles. The van der Waals surface area contributed by atoms with Crippen LogP contribution >= 0.6 is 0 Å². The Kier molecular flexibility index (Phi) is 6.51. The summed E-state index contributed by atoms with van der Waals surface area (Å²) in [6, 6.07) is 9.97. The summed E-state index contributed by atoms with van der Waals surface area (Å²) in [5.74, 6) is -0.509. The minimum Gasteiger partial charge on any atom is -0.288 e. The lowest BCUT2D eigenvalue weighted by Gasteiger charge is -2.02. The molecule has 0 unspecified atom stereocenters. The second-order valence-corrected chi connectivity index (χ2v) is 4.04. The van der Waals surface area contributed by atoms with E-state index in [1.165, 1.54) is 6.08 Å². The topological polar surface area (TPSA) is 49.3 Å². The molecular weight excluding hydrogens is 226 g/mol.